The molecule has 0 aromatic rings. The lowest BCUT2D eigenvalue weighted by Crippen LogP contribution is -2.68. The van der Waals surface area contributed by atoms with Crippen LogP contribution in [0.4, 0.5) is 0 Å². The fourth-order valence-electron chi connectivity index (χ4n) is 5.88. The predicted molar refractivity (Wildman–Crippen MR) is 95.8 cm³/mol. The van der Waals surface area contributed by atoms with E-state index in [0.29, 0.717) is 0 Å². The van der Waals surface area contributed by atoms with Crippen molar-refractivity contribution in [3.63, 3.8) is 0 Å². The number of rotatable bonds is 4. The topological polar surface area (TPSA) is 49.7 Å². The highest BCUT2D eigenvalue weighted by atomic mass is 28.4. The average molecular weight is 339 g/mol. The highest BCUT2D eigenvalue weighted by molar-refractivity contribution is 6.74. The van der Waals surface area contributed by atoms with E-state index in [0.717, 1.165) is 25.7 Å². The molecular weight excluding hydrogens is 304 g/mol. The maximum absolute atomic E-state index is 10.3. The van der Waals surface area contributed by atoms with Crippen LogP contribution >= 0.6 is 0 Å². The minimum Gasteiger partial charge on any atom is -0.413 e. The average Bonchev–Trinajstić information content (AvgIpc) is 2.87. The van der Waals surface area contributed by atoms with Crippen molar-refractivity contribution in [1.29, 1.82) is 0 Å². The third kappa shape index (κ3) is 1.76. The van der Waals surface area contributed by atoms with Crippen LogP contribution in [0.15, 0.2) is 12.2 Å². The van der Waals surface area contributed by atoms with Gasteiger partial charge in [0.05, 0.1) is 19.3 Å². The van der Waals surface area contributed by atoms with Gasteiger partial charge in [-0.3, -0.25) is 0 Å². The lowest BCUT2D eigenvalue weighted by atomic mass is 9.35. The first-order valence-corrected chi connectivity index (χ1v) is 12.0. The number of aliphatic hydroxyl groups excluding tert-OH is 2. The van der Waals surface area contributed by atoms with Crippen molar-refractivity contribution in [2.75, 3.05) is 13.2 Å². The normalized spacial score (nSPS) is 43.3. The second kappa shape index (κ2) is 4.93. The Balaban J connectivity index is 2.01. The van der Waals surface area contributed by atoms with E-state index in [1.165, 1.54) is 12.0 Å². The van der Waals surface area contributed by atoms with Gasteiger partial charge in [0, 0.05) is 16.2 Å². The molecule has 0 heterocycles. The zero-order valence-electron chi connectivity index (χ0n) is 15.5. The number of hydrogen-bond acceptors (Lipinski definition) is 3. The minimum absolute atomic E-state index is 0.0990. The van der Waals surface area contributed by atoms with E-state index >= 15 is 0 Å². The first-order chi connectivity index (χ1) is 10.5. The Bertz CT molecular complexity index is 523. The van der Waals surface area contributed by atoms with Gasteiger partial charge in [0.1, 0.15) is 0 Å². The van der Waals surface area contributed by atoms with Gasteiger partial charge in [0.15, 0.2) is 8.32 Å². The van der Waals surface area contributed by atoms with Crippen LogP contribution in [0.2, 0.25) is 18.1 Å². The quantitative estimate of drug-likeness (QED) is 0.604. The Labute approximate surface area is 142 Å². The lowest BCUT2D eigenvalue weighted by Gasteiger charge is -2.69. The van der Waals surface area contributed by atoms with Crippen LogP contribution in [-0.2, 0) is 4.43 Å². The van der Waals surface area contributed by atoms with Gasteiger partial charge in [-0.2, -0.15) is 0 Å². The Kier molecular flexibility index (Phi) is 3.79. The molecule has 0 amide bonds. The third-order valence-corrected chi connectivity index (χ3v) is 12.7. The van der Waals surface area contributed by atoms with Gasteiger partial charge in [0.25, 0.3) is 0 Å². The Morgan fingerprint density at radius 1 is 1.17 bits per heavy atom. The third-order valence-electron chi connectivity index (χ3n) is 8.18. The van der Waals surface area contributed by atoms with E-state index < -0.39 is 8.32 Å². The molecule has 0 aliphatic heterocycles. The van der Waals surface area contributed by atoms with Crippen molar-refractivity contribution < 1.29 is 14.6 Å². The molecule has 23 heavy (non-hydrogen) atoms. The number of fused-ring (bicyclic) bond motifs is 1. The molecule has 4 aliphatic carbocycles. The number of aliphatic hydroxyl groups is 2. The summed E-state index contributed by atoms with van der Waals surface area (Å²) in [5, 5.41) is 20.7. The monoisotopic (exact) mass is 338 g/mol. The summed E-state index contributed by atoms with van der Waals surface area (Å²) in [7, 11) is -1.89. The fourth-order valence-corrected chi connectivity index (χ4v) is 7.23. The standard InChI is InChI=1S/C19H34O3Si/c1-14-17(12-20)11-15(22-23(5,6)16(2,3)4)19(14)10-8-7-9-18(17,19)13-21/h15,20-21H,1,7-13H2,2-6H3/t15-,17-,18+,19+/m0/s1. The minimum atomic E-state index is -1.89. The zero-order chi connectivity index (χ0) is 17.3. The van der Waals surface area contributed by atoms with E-state index in [4.69, 9.17) is 4.43 Å². The van der Waals surface area contributed by atoms with Gasteiger partial charge < -0.3 is 14.6 Å². The molecule has 3 nitrogen and oxygen atoms in total. The van der Waals surface area contributed by atoms with Gasteiger partial charge in [-0.25, -0.2) is 0 Å². The SMILES string of the molecule is C=C1[C@@]2(CO)C[C@H](O[Si](C)(C)C(C)(C)C)[C@@]13CCCC[C@@]23CO. The fraction of sp³-hybridized carbons (Fsp3) is 0.895. The molecule has 4 saturated carbocycles. The Hall–Kier alpha value is -0.163. The molecule has 4 heteroatoms. The van der Waals surface area contributed by atoms with Crippen LogP contribution < -0.4 is 0 Å². The highest BCUT2D eigenvalue weighted by Gasteiger charge is 2.83. The largest absolute Gasteiger partial charge is 0.413 e. The summed E-state index contributed by atoms with van der Waals surface area (Å²) in [6.07, 6.45) is 5.35. The first-order valence-electron chi connectivity index (χ1n) is 9.14. The van der Waals surface area contributed by atoms with Crippen molar-refractivity contribution in [2.24, 2.45) is 16.2 Å². The van der Waals surface area contributed by atoms with Gasteiger partial charge in [-0.05, 0) is 37.4 Å². The summed E-state index contributed by atoms with van der Waals surface area (Å²) >= 11 is 0. The maximum atomic E-state index is 10.3. The molecule has 2 bridgehead atoms. The van der Waals surface area contributed by atoms with Gasteiger partial charge in [-0.1, -0.05) is 45.8 Å². The Morgan fingerprint density at radius 2 is 1.78 bits per heavy atom. The lowest BCUT2D eigenvalue weighted by molar-refractivity contribution is -0.177. The second-order valence-corrected chi connectivity index (χ2v) is 14.5. The second-order valence-electron chi connectivity index (χ2n) is 9.71. The van der Waals surface area contributed by atoms with Crippen molar-refractivity contribution in [1.82, 2.24) is 0 Å². The molecule has 0 aromatic carbocycles. The number of hydrogen-bond donors (Lipinski definition) is 2. The molecule has 1 spiro atoms. The van der Waals surface area contributed by atoms with Crippen LogP contribution in [0.25, 0.3) is 0 Å². The summed E-state index contributed by atoms with van der Waals surface area (Å²) in [6.45, 7) is 16.1. The maximum Gasteiger partial charge on any atom is 0.192 e. The van der Waals surface area contributed by atoms with Crippen molar-refractivity contribution in [2.45, 2.75) is 77.1 Å². The summed E-state index contributed by atoms with van der Waals surface area (Å²) in [5.41, 5.74) is 0.565. The molecule has 4 atom stereocenters. The molecule has 2 N–H and O–H groups in total. The molecule has 0 aromatic heterocycles. The van der Waals surface area contributed by atoms with Crippen molar-refractivity contribution in [3.8, 4) is 0 Å². The smallest absolute Gasteiger partial charge is 0.192 e. The van der Waals surface area contributed by atoms with E-state index in [9.17, 15) is 10.2 Å². The molecular formula is C19H34O3Si. The van der Waals surface area contributed by atoms with Gasteiger partial charge in [0.2, 0.25) is 0 Å². The summed E-state index contributed by atoms with van der Waals surface area (Å²) in [5.74, 6) is 0. The van der Waals surface area contributed by atoms with E-state index in [1.807, 2.05) is 0 Å². The highest BCUT2D eigenvalue weighted by Crippen LogP contribution is 2.84. The molecule has 4 aliphatic rings. The van der Waals surface area contributed by atoms with Crippen LogP contribution in [0, 0.1) is 16.2 Å². The van der Waals surface area contributed by atoms with Crippen LogP contribution in [0.3, 0.4) is 0 Å². The molecule has 4 rings (SSSR count). The molecule has 132 valence electrons. The van der Waals surface area contributed by atoms with Crippen LogP contribution in [0.1, 0.15) is 52.9 Å². The van der Waals surface area contributed by atoms with Gasteiger partial charge >= 0.3 is 0 Å². The van der Waals surface area contributed by atoms with E-state index in [-0.39, 0.29) is 40.6 Å². The molecule has 0 radical (unpaired) electrons. The van der Waals surface area contributed by atoms with E-state index in [1.54, 1.807) is 0 Å². The molecule has 0 saturated heterocycles. The molecule has 4 fully saturated rings. The molecule has 0 unspecified atom stereocenters. The van der Waals surface area contributed by atoms with Crippen LogP contribution in [-0.4, -0.2) is 37.8 Å². The van der Waals surface area contributed by atoms with Gasteiger partial charge in [-0.15, -0.1) is 0 Å². The Morgan fingerprint density at radius 3 is 2.30 bits per heavy atom. The summed E-state index contributed by atoms with van der Waals surface area (Å²) in [4.78, 5) is 0. The van der Waals surface area contributed by atoms with E-state index in [2.05, 4.69) is 40.4 Å². The van der Waals surface area contributed by atoms with Crippen molar-refractivity contribution in [3.05, 3.63) is 12.2 Å². The van der Waals surface area contributed by atoms with Crippen LogP contribution in [0.5, 0.6) is 0 Å². The summed E-state index contributed by atoms with van der Waals surface area (Å²) in [6, 6.07) is 0. The summed E-state index contributed by atoms with van der Waals surface area (Å²) < 4.78 is 6.86. The van der Waals surface area contributed by atoms with Crippen molar-refractivity contribution >= 4 is 8.32 Å². The first kappa shape index (κ1) is 17.7. The zero-order valence-corrected chi connectivity index (χ0v) is 16.5. The predicted octanol–water partition coefficient (Wildman–Crippen LogP) is 3.87.